The van der Waals surface area contributed by atoms with Crippen LogP contribution in [0.4, 0.5) is 5.69 Å². The maximum atomic E-state index is 12.4. The van der Waals surface area contributed by atoms with Gasteiger partial charge in [0.15, 0.2) is 0 Å². The predicted octanol–water partition coefficient (Wildman–Crippen LogP) is 2.91. The number of nitrogens with zero attached hydrogens (tertiary/aromatic N) is 3. The van der Waals surface area contributed by atoms with E-state index in [-0.39, 0.29) is 17.9 Å². The molecule has 0 aromatic heterocycles. The zero-order valence-electron chi connectivity index (χ0n) is 18.5. The summed E-state index contributed by atoms with van der Waals surface area (Å²) in [6.45, 7) is 5.44. The van der Waals surface area contributed by atoms with Crippen molar-refractivity contribution in [1.29, 1.82) is 0 Å². The molecule has 0 bridgehead atoms. The zero-order valence-corrected chi connectivity index (χ0v) is 18.5. The lowest BCUT2D eigenvalue weighted by atomic mass is 9.92. The van der Waals surface area contributed by atoms with Gasteiger partial charge in [0.2, 0.25) is 11.8 Å². The topological polar surface area (TPSA) is 88.2 Å². The van der Waals surface area contributed by atoms with Crippen LogP contribution in [0, 0.1) is 0 Å². The molecule has 2 N–H and O–H groups in total. The number of hydrogen-bond donors (Lipinski definition) is 1. The van der Waals surface area contributed by atoms with Gasteiger partial charge in [0.05, 0.1) is 18.3 Å². The van der Waals surface area contributed by atoms with Crippen LogP contribution in [-0.2, 0) is 16.0 Å². The smallest absolute Gasteiger partial charge is 0.224 e. The Morgan fingerprint density at radius 3 is 2.74 bits per heavy atom. The zero-order chi connectivity index (χ0) is 22.0. The summed E-state index contributed by atoms with van der Waals surface area (Å²) in [4.78, 5) is 32.6. The standard InChI is InChI=1S/C24H32N4O3/c1-16-5-8-21-22(28(16)17(2)29)10-9-20(18(14-25)15-26-19-6-7-19)24(21)31-13-12-27-11-3-4-23(27)30/h9-10,14-16,19H,3-8,11-13,25H2,1-2H3/t16-/m0/s1. The van der Waals surface area contributed by atoms with Crippen LogP contribution in [0.25, 0.3) is 5.57 Å². The Bertz CT molecular complexity index is 920. The highest BCUT2D eigenvalue weighted by Gasteiger charge is 2.30. The Labute approximate surface area is 183 Å². The highest BCUT2D eigenvalue weighted by Crippen LogP contribution is 2.41. The Kier molecular flexibility index (Phi) is 6.30. The van der Waals surface area contributed by atoms with E-state index in [4.69, 9.17) is 10.5 Å². The first kappa shape index (κ1) is 21.4. The minimum atomic E-state index is 0.0275. The molecule has 1 atom stereocenters. The van der Waals surface area contributed by atoms with Gasteiger partial charge in [0.25, 0.3) is 0 Å². The SMILES string of the molecule is CC(=O)N1c2ccc(C(C=NC3CC3)=CN)c(OCCN3CCCC3=O)c2CC[C@@H]1C. The molecule has 2 fully saturated rings. The van der Waals surface area contributed by atoms with E-state index in [9.17, 15) is 9.59 Å². The first-order valence-corrected chi connectivity index (χ1v) is 11.3. The molecule has 1 aromatic rings. The van der Waals surface area contributed by atoms with Gasteiger partial charge < -0.3 is 20.3 Å². The van der Waals surface area contributed by atoms with Crippen LogP contribution < -0.4 is 15.4 Å². The number of benzene rings is 1. The lowest BCUT2D eigenvalue weighted by Gasteiger charge is -2.36. The van der Waals surface area contributed by atoms with Crippen LogP contribution in [0.2, 0.25) is 0 Å². The van der Waals surface area contributed by atoms with Gasteiger partial charge in [0.1, 0.15) is 12.4 Å². The van der Waals surface area contributed by atoms with E-state index in [0.29, 0.717) is 25.6 Å². The molecular weight excluding hydrogens is 392 g/mol. The molecule has 7 heteroatoms. The van der Waals surface area contributed by atoms with Crippen LogP contribution in [0.3, 0.4) is 0 Å². The molecule has 2 heterocycles. The van der Waals surface area contributed by atoms with Gasteiger partial charge in [-0.1, -0.05) is 0 Å². The third-order valence-electron chi connectivity index (χ3n) is 6.33. The minimum absolute atomic E-state index is 0.0275. The molecule has 2 amide bonds. The molecule has 1 aliphatic carbocycles. The molecule has 3 aliphatic rings. The van der Waals surface area contributed by atoms with Gasteiger partial charge in [-0.2, -0.15) is 0 Å². The highest BCUT2D eigenvalue weighted by atomic mass is 16.5. The summed E-state index contributed by atoms with van der Waals surface area (Å²) in [7, 11) is 0. The third-order valence-corrected chi connectivity index (χ3v) is 6.33. The van der Waals surface area contributed by atoms with Crippen molar-refractivity contribution in [3.05, 3.63) is 29.5 Å². The van der Waals surface area contributed by atoms with Gasteiger partial charge >= 0.3 is 0 Å². The van der Waals surface area contributed by atoms with E-state index in [1.165, 1.54) is 0 Å². The van der Waals surface area contributed by atoms with Crippen molar-refractivity contribution in [3.63, 3.8) is 0 Å². The fraction of sp³-hybridized carbons (Fsp3) is 0.542. The van der Waals surface area contributed by atoms with E-state index in [1.807, 2.05) is 28.1 Å². The molecule has 0 radical (unpaired) electrons. The summed E-state index contributed by atoms with van der Waals surface area (Å²) < 4.78 is 6.32. The van der Waals surface area contributed by atoms with Gasteiger partial charge in [-0.25, -0.2) is 0 Å². The van der Waals surface area contributed by atoms with Crippen molar-refractivity contribution in [1.82, 2.24) is 4.90 Å². The van der Waals surface area contributed by atoms with E-state index in [0.717, 1.165) is 66.8 Å². The van der Waals surface area contributed by atoms with Crippen molar-refractivity contribution in [2.75, 3.05) is 24.6 Å². The summed E-state index contributed by atoms with van der Waals surface area (Å²) >= 11 is 0. The quantitative estimate of drug-likeness (QED) is 0.682. The molecule has 31 heavy (non-hydrogen) atoms. The first-order chi connectivity index (χ1) is 15.0. The summed E-state index contributed by atoms with van der Waals surface area (Å²) in [6, 6.07) is 4.51. The van der Waals surface area contributed by atoms with Crippen LogP contribution in [0.15, 0.2) is 23.3 Å². The Morgan fingerprint density at radius 2 is 2.10 bits per heavy atom. The number of rotatable bonds is 7. The van der Waals surface area contributed by atoms with Crippen molar-refractivity contribution >= 4 is 29.3 Å². The van der Waals surface area contributed by atoms with E-state index in [1.54, 1.807) is 13.1 Å². The van der Waals surface area contributed by atoms with Crippen molar-refractivity contribution in [3.8, 4) is 5.75 Å². The molecule has 2 aliphatic heterocycles. The van der Waals surface area contributed by atoms with Gasteiger partial charge in [-0.05, 0) is 51.2 Å². The molecule has 1 aromatic carbocycles. The number of nitrogens with two attached hydrogens (primary N) is 1. The van der Waals surface area contributed by atoms with Crippen LogP contribution >= 0.6 is 0 Å². The predicted molar refractivity (Wildman–Crippen MR) is 122 cm³/mol. The number of aliphatic imine (C=N–C) groups is 1. The number of amides is 2. The van der Waals surface area contributed by atoms with E-state index < -0.39 is 0 Å². The van der Waals surface area contributed by atoms with Crippen molar-refractivity contribution < 1.29 is 14.3 Å². The van der Waals surface area contributed by atoms with Crippen LogP contribution in [0.5, 0.6) is 5.75 Å². The minimum Gasteiger partial charge on any atom is -0.491 e. The van der Waals surface area contributed by atoms with Gasteiger partial charge in [-0.15, -0.1) is 0 Å². The van der Waals surface area contributed by atoms with Gasteiger partial charge in [0, 0.05) is 55.0 Å². The maximum absolute atomic E-state index is 12.4. The molecule has 7 nitrogen and oxygen atoms in total. The molecule has 0 unspecified atom stereocenters. The number of likely N-dealkylation sites (tertiary alicyclic amines) is 1. The molecule has 166 valence electrons. The second-order valence-electron chi connectivity index (χ2n) is 8.68. The van der Waals surface area contributed by atoms with Crippen LogP contribution in [0.1, 0.15) is 57.1 Å². The molecule has 4 rings (SSSR count). The number of hydrogen-bond acceptors (Lipinski definition) is 5. The molecular formula is C24H32N4O3. The number of carbonyl (C=O) groups excluding carboxylic acids is 2. The van der Waals surface area contributed by atoms with Crippen LogP contribution in [-0.4, -0.2) is 54.7 Å². The van der Waals surface area contributed by atoms with Gasteiger partial charge in [-0.3, -0.25) is 14.6 Å². The highest BCUT2D eigenvalue weighted by molar-refractivity contribution is 6.11. The normalized spacial score (nSPS) is 21.7. The summed E-state index contributed by atoms with van der Waals surface area (Å²) in [6.07, 6.45) is 8.87. The summed E-state index contributed by atoms with van der Waals surface area (Å²) in [5.41, 5.74) is 9.60. The lowest BCUT2D eigenvalue weighted by Crippen LogP contribution is -2.41. The summed E-state index contributed by atoms with van der Waals surface area (Å²) in [5.74, 6) is 0.968. The largest absolute Gasteiger partial charge is 0.491 e. The summed E-state index contributed by atoms with van der Waals surface area (Å²) in [5, 5.41) is 0. The number of carbonyl (C=O) groups is 2. The Hall–Kier alpha value is -2.83. The second kappa shape index (κ2) is 9.12. The van der Waals surface area contributed by atoms with Crippen molar-refractivity contribution in [2.24, 2.45) is 10.7 Å². The maximum Gasteiger partial charge on any atom is 0.224 e. The average Bonchev–Trinajstić information content (AvgIpc) is 3.49. The second-order valence-corrected chi connectivity index (χ2v) is 8.68. The fourth-order valence-electron chi connectivity index (χ4n) is 4.49. The Balaban J connectivity index is 1.66. The number of allylic oxidation sites excluding steroid dienone is 1. The Morgan fingerprint density at radius 1 is 1.29 bits per heavy atom. The fourth-order valence-corrected chi connectivity index (χ4v) is 4.49. The third kappa shape index (κ3) is 4.60. The molecule has 1 saturated heterocycles. The number of ether oxygens (including phenoxy) is 1. The molecule has 0 spiro atoms. The first-order valence-electron chi connectivity index (χ1n) is 11.3. The van der Waals surface area contributed by atoms with E-state index >= 15 is 0 Å². The monoisotopic (exact) mass is 424 g/mol. The molecule has 1 saturated carbocycles. The van der Waals surface area contributed by atoms with E-state index in [2.05, 4.69) is 11.9 Å². The number of fused-ring (bicyclic) bond motifs is 1. The number of anilines is 1. The van der Waals surface area contributed by atoms with Crippen molar-refractivity contribution in [2.45, 2.75) is 64.5 Å². The average molecular weight is 425 g/mol. The lowest BCUT2D eigenvalue weighted by molar-refractivity contribution is -0.128.